The molecule has 0 aliphatic rings. The quantitative estimate of drug-likeness (QED) is 0.845. The summed E-state index contributed by atoms with van der Waals surface area (Å²) < 4.78 is 41.9. The highest BCUT2D eigenvalue weighted by molar-refractivity contribution is 5.80. The third-order valence-electron chi connectivity index (χ3n) is 2.49. The summed E-state index contributed by atoms with van der Waals surface area (Å²) in [6.45, 7) is 2.17. The second-order valence-electron chi connectivity index (χ2n) is 4.35. The van der Waals surface area contributed by atoms with Crippen LogP contribution in [0.4, 0.5) is 18.9 Å². The lowest BCUT2D eigenvalue weighted by Gasteiger charge is -2.13. The van der Waals surface area contributed by atoms with Crippen molar-refractivity contribution in [2.24, 2.45) is 0 Å². The van der Waals surface area contributed by atoms with Crippen LogP contribution in [-0.4, -0.2) is 32.2 Å². The maximum absolute atomic E-state index is 12.4. The molecule has 0 saturated heterocycles. The number of halogens is 3. The molecule has 2 N–H and O–H groups in total. The van der Waals surface area contributed by atoms with Gasteiger partial charge in [-0.15, -0.1) is 0 Å². The van der Waals surface area contributed by atoms with E-state index in [0.29, 0.717) is 12.3 Å². The Morgan fingerprint density at radius 3 is 2.40 bits per heavy atom. The third kappa shape index (κ3) is 5.48. The highest BCUT2D eigenvalue weighted by Crippen LogP contribution is 2.29. The molecule has 0 bridgehead atoms. The van der Waals surface area contributed by atoms with E-state index in [1.165, 1.54) is 19.2 Å². The molecule has 7 heteroatoms. The van der Waals surface area contributed by atoms with Gasteiger partial charge in [-0.1, -0.05) is 0 Å². The number of carbonyl (C=O) groups is 1. The summed E-state index contributed by atoms with van der Waals surface area (Å²) in [5.41, 5.74) is -0.270. The van der Waals surface area contributed by atoms with Crippen LogP contribution in [0.15, 0.2) is 24.3 Å². The van der Waals surface area contributed by atoms with Crippen LogP contribution >= 0.6 is 0 Å². The smallest absolute Gasteiger partial charge is 0.383 e. The Labute approximate surface area is 115 Å². The minimum atomic E-state index is -4.36. The van der Waals surface area contributed by atoms with Gasteiger partial charge in [0.2, 0.25) is 5.91 Å². The zero-order valence-corrected chi connectivity index (χ0v) is 11.3. The minimum absolute atomic E-state index is 0.0145. The van der Waals surface area contributed by atoms with Crippen molar-refractivity contribution < 1.29 is 22.7 Å². The number of alkyl halides is 3. The molecule has 0 heterocycles. The van der Waals surface area contributed by atoms with E-state index in [1.807, 2.05) is 0 Å². The van der Waals surface area contributed by atoms with Crippen LogP contribution in [0.25, 0.3) is 0 Å². The van der Waals surface area contributed by atoms with Crippen molar-refractivity contribution in [2.45, 2.75) is 19.1 Å². The average Bonchev–Trinajstić information content (AvgIpc) is 2.36. The highest BCUT2D eigenvalue weighted by Gasteiger charge is 2.29. The van der Waals surface area contributed by atoms with Crippen molar-refractivity contribution >= 4 is 11.6 Å². The first-order valence-electron chi connectivity index (χ1n) is 6.02. The standard InChI is InChI=1S/C13H17F3N2O2/c1-9(8-20-2)18-12(19)7-17-11-5-3-10(4-6-11)13(14,15)16/h3-6,9,17H,7-8H2,1-2H3,(H,18,19). The Hall–Kier alpha value is -1.76. The molecule has 1 unspecified atom stereocenters. The molecule has 0 radical (unpaired) electrons. The predicted molar refractivity (Wildman–Crippen MR) is 69.4 cm³/mol. The predicted octanol–water partition coefficient (Wildman–Crippen LogP) is 2.27. The van der Waals surface area contributed by atoms with E-state index in [9.17, 15) is 18.0 Å². The van der Waals surface area contributed by atoms with Crippen LogP contribution in [0.5, 0.6) is 0 Å². The SMILES string of the molecule is COCC(C)NC(=O)CNc1ccc(C(F)(F)F)cc1. The Balaban J connectivity index is 2.44. The number of carbonyl (C=O) groups excluding carboxylic acids is 1. The largest absolute Gasteiger partial charge is 0.416 e. The van der Waals surface area contributed by atoms with Gasteiger partial charge in [0.25, 0.3) is 0 Å². The van der Waals surface area contributed by atoms with Gasteiger partial charge in [-0.3, -0.25) is 4.79 Å². The highest BCUT2D eigenvalue weighted by atomic mass is 19.4. The first kappa shape index (κ1) is 16.3. The van der Waals surface area contributed by atoms with E-state index in [4.69, 9.17) is 4.74 Å². The molecule has 1 amide bonds. The maximum atomic E-state index is 12.4. The second-order valence-corrected chi connectivity index (χ2v) is 4.35. The van der Waals surface area contributed by atoms with Crippen LogP contribution < -0.4 is 10.6 Å². The molecule has 0 aliphatic carbocycles. The van der Waals surface area contributed by atoms with E-state index < -0.39 is 11.7 Å². The molecule has 4 nitrogen and oxygen atoms in total. The lowest BCUT2D eigenvalue weighted by atomic mass is 10.2. The fraction of sp³-hybridized carbons (Fsp3) is 0.462. The molecular formula is C13H17F3N2O2. The first-order valence-corrected chi connectivity index (χ1v) is 6.02. The summed E-state index contributed by atoms with van der Waals surface area (Å²) in [6.07, 6.45) is -4.36. The molecule has 1 atom stereocenters. The Morgan fingerprint density at radius 1 is 1.30 bits per heavy atom. The van der Waals surface area contributed by atoms with Gasteiger partial charge < -0.3 is 15.4 Å². The first-order chi connectivity index (χ1) is 9.32. The van der Waals surface area contributed by atoms with Gasteiger partial charge >= 0.3 is 6.18 Å². The van der Waals surface area contributed by atoms with E-state index in [0.717, 1.165) is 12.1 Å². The Kier molecular flexibility index (Phi) is 5.82. The van der Waals surface area contributed by atoms with Crippen molar-refractivity contribution in [3.8, 4) is 0 Å². The number of anilines is 1. The molecule has 0 aliphatic heterocycles. The molecule has 20 heavy (non-hydrogen) atoms. The fourth-order valence-electron chi connectivity index (χ4n) is 1.58. The summed E-state index contributed by atoms with van der Waals surface area (Å²) in [5.74, 6) is -0.255. The summed E-state index contributed by atoms with van der Waals surface area (Å²) in [4.78, 5) is 11.5. The molecule has 112 valence electrons. The van der Waals surface area contributed by atoms with Gasteiger partial charge in [-0.05, 0) is 31.2 Å². The Bertz CT molecular complexity index is 432. The normalized spacial score (nSPS) is 12.8. The van der Waals surface area contributed by atoms with Crippen LogP contribution in [0.1, 0.15) is 12.5 Å². The lowest BCUT2D eigenvalue weighted by Crippen LogP contribution is -2.39. The summed E-state index contributed by atoms with van der Waals surface area (Å²) >= 11 is 0. The number of rotatable bonds is 6. The summed E-state index contributed by atoms with van der Waals surface area (Å²) in [6, 6.07) is 4.38. The van der Waals surface area contributed by atoms with Gasteiger partial charge in [-0.2, -0.15) is 13.2 Å². The zero-order chi connectivity index (χ0) is 15.2. The Morgan fingerprint density at radius 2 is 1.90 bits per heavy atom. The number of hydrogen-bond acceptors (Lipinski definition) is 3. The van der Waals surface area contributed by atoms with Crippen molar-refractivity contribution in [3.63, 3.8) is 0 Å². The molecule has 1 aromatic rings. The minimum Gasteiger partial charge on any atom is -0.383 e. The molecule has 0 fully saturated rings. The van der Waals surface area contributed by atoms with Crippen molar-refractivity contribution in [2.75, 3.05) is 25.6 Å². The van der Waals surface area contributed by atoms with Gasteiger partial charge in [0.1, 0.15) is 0 Å². The van der Waals surface area contributed by atoms with Crippen LogP contribution in [0, 0.1) is 0 Å². The number of amides is 1. The van der Waals surface area contributed by atoms with Gasteiger partial charge in [0.05, 0.1) is 18.7 Å². The number of benzene rings is 1. The molecular weight excluding hydrogens is 273 g/mol. The lowest BCUT2D eigenvalue weighted by molar-refractivity contribution is -0.137. The van der Waals surface area contributed by atoms with E-state index in [2.05, 4.69) is 10.6 Å². The molecule has 0 spiro atoms. The van der Waals surface area contributed by atoms with Gasteiger partial charge in [-0.25, -0.2) is 0 Å². The second kappa shape index (κ2) is 7.14. The third-order valence-corrected chi connectivity index (χ3v) is 2.49. The number of methoxy groups -OCH3 is 1. The zero-order valence-electron chi connectivity index (χ0n) is 11.3. The van der Waals surface area contributed by atoms with Crippen molar-refractivity contribution in [3.05, 3.63) is 29.8 Å². The monoisotopic (exact) mass is 290 g/mol. The van der Waals surface area contributed by atoms with E-state index >= 15 is 0 Å². The van der Waals surface area contributed by atoms with Crippen LogP contribution in [0.2, 0.25) is 0 Å². The average molecular weight is 290 g/mol. The topological polar surface area (TPSA) is 50.4 Å². The van der Waals surface area contributed by atoms with Crippen LogP contribution in [-0.2, 0) is 15.7 Å². The van der Waals surface area contributed by atoms with Crippen molar-refractivity contribution in [1.29, 1.82) is 0 Å². The molecule has 1 aromatic carbocycles. The van der Waals surface area contributed by atoms with Crippen molar-refractivity contribution in [1.82, 2.24) is 5.32 Å². The fourth-order valence-corrected chi connectivity index (χ4v) is 1.58. The van der Waals surface area contributed by atoms with Crippen LogP contribution in [0.3, 0.4) is 0 Å². The van der Waals surface area contributed by atoms with E-state index in [1.54, 1.807) is 6.92 Å². The number of nitrogens with one attached hydrogen (secondary N) is 2. The summed E-state index contributed by atoms with van der Waals surface area (Å²) in [7, 11) is 1.53. The van der Waals surface area contributed by atoms with E-state index in [-0.39, 0.29) is 18.5 Å². The van der Waals surface area contributed by atoms with Gasteiger partial charge in [0, 0.05) is 18.8 Å². The number of hydrogen-bond donors (Lipinski definition) is 2. The molecule has 0 saturated carbocycles. The maximum Gasteiger partial charge on any atom is 0.416 e. The molecule has 1 rings (SSSR count). The summed E-state index contributed by atoms with van der Waals surface area (Å²) in [5, 5.41) is 5.43. The van der Waals surface area contributed by atoms with Gasteiger partial charge in [0.15, 0.2) is 0 Å². The number of ether oxygens (including phenoxy) is 1. The molecule has 0 aromatic heterocycles.